The summed E-state index contributed by atoms with van der Waals surface area (Å²) in [6.45, 7) is 5.55. The van der Waals surface area contributed by atoms with Gasteiger partial charge in [0, 0.05) is 17.1 Å². The minimum atomic E-state index is -0.0708. The highest BCUT2D eigenvalue weighted by atomic mass is 35.5. The first-order chi connectivity index (χ1) is 8.02. The maximum atomic E-state index is 11.9. The number of aryl methyl sites for hydroxylation is 1. The number of carbonyl (C=O) groups is 1. The molecule has 0 saturated carbocycles. The molecular weight excluding hydrogens is 236 g/mol. The molecule has 3 nitrogen and oxygen atoms in total. The zero-order chi connectivity index (χ0) is 12.8. The molecule has 4 heteroatoms. The van der Waals surface area contributed by atoms with Gasteiger partial charge in [-0.3, -0.25) is 4.79 Å². The summed E-state index contributed by atoms with van der Waals surface area (Å²) >= 11 is 5.92. The molecule has 1 aromatic carbocycles. The van der Waals surface area contributed by atoms with E-state index < -0.39 is 0 Å². The van der Waals surface area contributed by atoms with Crippen LogP contribution in [0.25, 0.3) is 0 Å². The van der Waals surface area contributed by atoms with Crippen molar-refractivity contribution in [2.24, 2.45) is 5.92 Å². The molecule has 0 fully saturated rings. The molecule has 1 unspecified atom stereocenters. The molecule has 0 heterocycles. The lowest BCUT2D eigenvalue weighted by atomic mass is 10.1. The van der Waals surface area contributed by atoms with Crippen LogP contribution in [0.3, 0.4) is 0 Å². The van der Waals surface area contributed by atoms with Crippen molar-refractivity contribution in [2.75, 3.05) is 20.1 Å². The normalized spacial score (nSPS) is 12.2. The van der Waals surface area contributed by atoms with Crippen molar-refractivity contribution >= 4 is 17.5 Å². The Morgan fingerprint density at radius 1 is 1.35 bits per heavy atom. The second kappa shape index (κ2) is 6.62. The lowest BCUT2D eigenvalue weighted by Gasteiger charge is -2.12. The van der Waals surface area contributed by atoms with E-state index in [1.165, 1.54) is 0 Å². The molecule has 1 atom stereocenters. The van der Waals surface area contributed by atoms with Gasteiger partial charge in [-0.1, -0.05) is 18.5 Å². The van der Waals surface area contributed by atoms with Crippen molar-refractivity contribution in [2.45, 2.75) is 13.8 Å². The van der Waals surface area contributed by atoms with E-state index in [4.69, 9.17) is 11.6 Å². The molecule has 0 aliphatic heterocycles. The van der Waals surface area contributed by atoms with Crippen molar-refractivity contribution in [3.63, 3.8) is 0 Å². The molecule has 0 aliphatic rings. The van der Waals surface area contributed by atoms with Gasteiger partial charge in [-0.15, -0.1) is 0 Å². The van der Waals surface area contributed by atoms with E-state index in [1.807, 2.05) is 26.1 Å². The third-order valence-electron chi connectivity index (χ3n) is 2.47. The molecule has 1 aromatic rings. The van der Waals surface area contributed by atoms with Crippen molar-refractivity contribution in [3.8, 4) is 0 Å². The summed E-state index contributed by atoms with van der Waals surface area (Å²) in [6.07, 6.45) is 0. The van der Waals surface area contributed by atoms with Crippen molar-refractivity contribution < 1.29 is 4.79 Å². The van der Waals surface area contributed by atoms with Crippen LogP contribution >= 0.6 is 11.6 Å². The van der Waals surface area contributed by atoms with Crippen LogP contribution in [0.5, 0.6) is 0 Å². The topological polar surface area (TPSA) is 41.1 Å². The van der Waals surface area contributed by atoms with Gasteiger partial charge in [0.05, 0.1) is 0 Å². The first-order valence-electron chi connectivity index (χ1n) is 5.73. The Hall–Kier alpha value is -1.06. The molecule has 17 heavy (non-hydrogen) atoms. The summed E-state index contributed by atoms with van der Waals surface area (Å²) in [7, 11) is 1.90. The standard InChI is InChI=1S/C13H19ClN2O/c1-9-4-11(6-12(14)5-9)13(17)16-8-10(2)7-15-3/h4-6,10,15H,7-8H2,1-3H3,(H,16,17). The first-order valence-corrected chi connectivity index (χ1v) is 6.10. The minimum Gasteiger partial charge on any atom is -0.352 e. The fraction of sp³-hybridized carbons (Fsp3) is 0.462. The predicted octanol–water partition coefficient (Wildman–Crippen LogP) is 2.23. The predicted molar refractivity (Wildman–Crippen MR) is 71.6 cm³/mol. The largest absolute Gasteiger partial charge is 0.352 e. The number of nitrogens with one attached hydrogen (secondary N) is 2. The number of benzene rings is 1. The number of hydrogen-bond donors (Lipinski definition) is 2. The molecule has 2 N–H and O–H groups in total. The molecule has 0 aromatic heterocycles. The highest BCUT2D eigenvalue weighted by Crippen LogP contribution is 2.14. The van der Waals surface area contributed by atoms with E-state index in [2.05, 4.69) is 17.6 Å². The van der Waals surface area contributed by atoms with Crippen LogP contribution in [-0.2, 0) is 0 Å². The third-order valence-corrected chi connectivity index (χ3v) is 2.69. The van der Waals surface area contributed by atoms with E-state index in [1.54, 1.807) is 6.07 Å². The van der Waals surface area contributed by atoms with Gasteiger partial charge < -0.3 is 10.6 Å². The highest BCUT2D eigenvalue weighted by molar-refractivity contribution is 6.31. The monoisotopic (exact) mass is 254 g/mol. The zero-order valence-corrected chi connectivity index (χ0v) is 11.3. The van der Waals surface area contributed by atoms with E-state index in [9.17, 15) is 4.79 Å². The SMILES string of the molecule is CNCC(C)CNC(=O)c1cc(C)cc(Cl)c1. The summed E-state index contributed by atoms with van der Waals surface area (Å²) < 4.78 is 0. The average molecular weight is 255 g/mol. The van der Waals surface area contributed by atoms with Gasteiger partial charge in [-0.2, -0.15) is 0 Å². The van der Waals surface area contributed by atoms with Crippen LogP contribution in [0.2, 0.25) is 5.02 Å². The summed E-state index contributed by atoms with van der Waals surface area (Å²) in [5.41, 5.74) is 1.61. The average Bonchev–Trinajstić information content (AvgIpc) is 2.25. The maximum Gasteiger partial charge on any atom is 0.251 e. The van der Waals surface area contributed by atoms with Crippen LogP contribution in [0, 0.1) is 12.8 Å². The Labute approximate surface area is 108 Å². The van der Waals surface area contributed by atoms with Crippen LogP contribution in [-0.4, -0.2) is 26.0 Å². The highest BCUT2D eigenvalue weighted by Gasteiger charge is 2.08. The Morgan fingerprint density at radius 2 is 2.06 bits per heavy atom. The van der Waals surface area contributed by atoms with Crippen LogP contribution in [0.4, 0.5) is 0 Å². The number of hydrogen-bond acceptors (Lipinski definition) is 2. The quantitative estimate of drug-likeness (QED) is 0.846. The lowest BCUT2D eigenvalue weighted by molar-refractivity contribution is 0.0948. The number of amides is 1. The molecule has 0 spiro atoms. The van der Waals surface area contributed by atoms with Gasteiger partial charge >= 0.3 is 0 Å². The van der Waals surface area contributed by atoms with E-state index in [-0.39, 0.29) is 5.91 Å². The van der Waals surface area contributed by atoms with Gasteiger partial charge in [0.1, 0.15) is 0 Å². The fourth-order valence-electron chi connectivity index (χ4n) is 1.66. The second-order valence-corrected chi connectivity index (χ2v) is 4.83. The lowest BCUT2D eigenvalue weighted by Crippen LogP contribution is -2.32. The Balaban J connectivity index is 2.58. The Bertz CT molecular complexity index is 373. The third kappa shape index (κ3) is 4.75. The Morgan fingerprint density at radius 3 is 2.65 bits per heavy atom. The molecule has 1 rings (SSSR count). The summed E-state index contributed by atoms with van der Waals surface area (Å²) in [5, 5.41) is 6.57. The van der Waals surface area contributed by atoms with Crippen LogP contribution in [0.15, 0.2) is 18.2 Å². The number of rotatable bonds is 5. The minimum absolute atomic E-state index is 0.0708. The summed E-state index contributed by atoms with van der Waals surface area (Å²) in [4.78, 5) is 11.9. The van der Waals surface area contributed by atoms with E-state index in [0.717, 1.165) is 12.1 Å². The molecule has 1 amide bonds. The van der Waals surface area contributed by atoms with Gasteiger partial charge in [-0.25, -0.2) is 0 Å². The van der Waals surface area contributed by atoms with Crippen molar-refractivity contribution in [1.82, 2.24) is 10.6 Å². The number of halogens is 1. The molecule has 0 bridgehead atoms. The molecule has 94 valence electrons. The van der Waals surface area contributed by atoms with Gasteiger partial charge in [0.15, 0.2) is 0 Å². The van der Waals surface area contributed by atoms with E-state index >= 15 is 0 Å². The maximum absolute atomic E-state index is 11.9. The molecule has 0 saturated heterocycles. The van der Waals surface area contributed by atoms with Gasteiger partial charge in [0.25, 0.3) is 5.91 Å². The van der Waals surface area contributed by atoms with Crippen LogP contribution < -0.4 is 10.6 Å². The number of carbonyl (C=O) groups excluding carboxylic acids is 1. The fourth-order valence-corrected chi connectivity index (χ4v) is 1.95. The van der Waals surface area contributed by atoms with Crippen molar-refractivity contribution in [1.29, 1.82) is 0 Å². The van der Waals surface area contributed by atoms with Crippen LogP contribution in [0.1, 0.15) is 22.8 Å². The molecule has 0 aliphatic carbocycles. The van der Waals surface area contributed by atoms with Crippen molar-refractivity contribution in [3.05, 3.63) is 34.3 Å². The summed E-state index contributed by atoms with van der Waals surface area (Å²) in [5.74, 6) is 0.336. The molecular formula is C13H19ClN2O. The second-order valence-electron chi connectivity index (χ2n) is 4.39. The van der Waals surface area contributed by atoms with E-state index in [0.29, 0.717) is 23.0 Å². The zero-order valence-electron chi connectivity index (χ0n) is 10.5. The first kappa shape index (κ1) is 14.0. The van der Waals surface area contributed by atoms with Gasteiger partial charge in [-0.05, 0) is 50.2 Å². The van der Waals surface area contributed by atoms with Gasteiger partial charge in [0.2, 0.25) is 0 Å². The smallest absolute Gasteiger partial charge is 0.251 e. The summed E-state index contributed by atoms with van der Waals surface area (Å²) in [6, 6.07) is 5.36. The molecule has 0 radical (unpaired) electrons. The Kier molecular flexibility index (Phi) is 5.45.